The van der Waals surface area contributed by atoms with E-state index in [2.05, 4.69) is 20.6 Å². The molecule has 2 amide bonds. The van der Waals surface area contributed by atoms with Crippen molar-refractivity contribution in [1.82, 2.24) is 25.2 Å². The van der Waals surface area contributed by atoms with Gasteiger partial charge in [-0.25, -0.2) is 14.8 Å². The van der Waals surface area contributed by atoms with Crippen LogP contribution in [0.25, 0.3) is 0 Å². The molecule has 22 heavy (non-hydrogen) atoms. The number of methoxy groups -OCH3 is 1. The Bertz CT molecular complexity index is 598. The molecule has 7 heteroatoms. The van der Waals surface area contributed by atoms with Crippen LogP contribution in [0.1, 0.15) is 17.7 Å². The van der Waals surface area contributed by atoms with E-state index in [0.717, 1.165) is 24.2 Å². The number of hydrogen-bond acceptors (Lipinski definition) is 4. The first kappa shape index (κ1) is 15.8. The molecule has 0 spiro atoms. The van der Waals surface area contributed by atoms with Crippen LogP contribution in [0.15, 0.2) is 30.9 Å². The predicted octanol–water partition coefficient (Wildman–Crippen LogP) is 1.48. The van der Waals surface area contributed by atoms with E-state index < -0.39 is 0 Å². The molecule has 2 heterocycles. The Morgan fingerprint density at radius 3 is 2.95 bits per heavy atom. The quantitative estimate of drug-likeness (QED) is 0.759. The van der Waals surface area contributed by atoms with Gasteiger partial charge in [-0.2, -0.15) is 0 Å². The van der Waals surface area contributed by atoms with E-state index in [1.54, 1.807) is 19.6 Å². The Labute approximate surface area is 129 Å². The molecule has 7 nitrogen and oxygen atoms in total. The van der Waals surface area contributed by atoms with Crippen molar-refractivity contribution in [2.24, 2.45) is 0 Å². The van der Waals surface area contributed by atoms with Gasteiger partial charge in [0.2, 0.25) is 5.88 Å². The molecule has 0 aliphatic carbocycles. The summed E-state index contributed by atoms with van der Waals surface area (Å²) in [5.74, 6) is 0.542. The van der Waals surface area contributed by atoms with Crippen molar-refractivity contribution in [3.05, 3.63) is 42.1 Å². The standard InChI is InChI=1S/C15H21N5O2/c1-12-4-5-13(14(19-12)22-2)10-18-15(21)17-6-3-8-20-9-7-16-11-20/h4-5,7,9,11H,3,6,8,10H2,1-2H3,(H2,17,18,21). The first-order valence-electron chi connectivity index (χ1n) is 7.17. The molecule has 0 radical (unpaired) electrons. The summed E-state index contributed by atoms with van der Waals surface area (Å²) in [7, 11) is 1.57. The third-order valence-corrected chi connectivity index (χ3v) is 3.15. The summed E-state index contributed by atoms with van der Waals surface area (Å²) >= 11 is 0. The number of ether oxygens (including phenoxy) is 1. The van der Waals surface area contributed by atoms with Crippen LogP contribution >= 0.6 is 0 Å². The van der Waals surface area contributed by atoms with Crippen LogP contribution in [0.3, 0.4) is 0 Å². The number of amides is 2. The van der Waals surface area contributed by atoms with E-state index in [9.17, 15) is 4.79 Å². The van der Waals surface area contributed by atoms with Gasteiger partial charge in [-0.15, -0.1) is 0 Å². The molecular formula is C15H21N5O2. The Morgan fingerprint density at radius 1 is 1.36 bits per heavy atom. The number of hydrogen-bond donors (Lipinski definition) is 2. The van der Waals surface area contributed by atoms with Crippen molar-refractivity contribution < 1.29 is 9.53 Å². The minimum Gasteiger partial charge on any atom is -0.481 e. The van der Waals surface area contributed by atoms with Crippen LogP contribution in [0.2, 0.25) is 0 Å². The molecule has 0 unspecified atom stereocenters. The minimum atomic E-state index is -0.201. The molecule has 0 aliphatic rings. The predicted molar refractivity (Wildman–Crippen MR) is 82.6 cm³/mol. The number of aromatic nitrogens is 3. The zero-order valence-corrected chi connectivity index (χ0v) is 12.9. The summed E-state index contributed by atoms with van der Waals surface area (Å²) in [5.41, 5.74) is 1.73. The number of carbonyl (C=O) groups is 1. The highest BCUT2D eigenvalue weighted by atomic mass is 16.5. The van der Waals surface area contributed by atoms with Crippen LogP contribution < -0.4 is 15.4 Å². The third-order valence-electron chi connectivity index (χ3n) is 3.15. The second kappa shape index (κ2) is 8.02. The topological polar surface area (TPSA) is 81.1 Å². The van der Waals surface area contributed by atoms with Crippen molar-refractivity contribution in [1.29, 1.82) is 0 Å². The molecule has 2 aromatic heterocycles. The first-order valence-corrected chi connectivity index (χ1v) is 7.17. The summed E-state index contributed by atoms with van der Waals surface area (Å²) in [6.07, 6.45) is 6.25. The highest BCUT2D eigenvalue weighted by Gasteiger charge is 2.06. The number of carbonyl (C=O) groups excluding carboxylic acids is 1. The third kappa shape index (κ3) is 4.76. The summed E-state index contributed by atoms with van der Waals surface area (Å²) in [6, 6.07) is 3.59. The maximum atomic E-state index is 11.7. The Hall–Kier alpha value is -2.57. The van der Waals surface area contributed by atoms with E-state index >= 15 is 0 Å². The summed E-state index contributed by atoms with van der Waals surface area (Å²) in [5, 5.41) is 5.62. The van der Waals surface area contributed by atoms with Crippen LogP contribution in [-0.2, 0) is 13.1 Å². The molecule has 2 N–H and O–H groups in total. The average Bonchev–Trinajstić information content (AvgIpc) is 3.03. The molecule has 2 aromatic rings. The lowest BCUT2D eigenvalue weighted by Gasteiger charge is -2.10. The SMILES string of the molecule is COc1nc(C)ccc1CNC(=O)NCCCn1ccnc1. The number of rotatable bonds is 7. The van der Waals surface area contributed by atoms with Gasteiger partial charge in [0, 0.05) is 43.3 Å². The fourth-order valence-electron chi connectivity index (χ4n) is 1.99. The zero-order valence-electron chi connectivity index (χ0n) is 12.9. The highest BCUT2D eigenvalue weighted by Crippen LogP contribution is 2.14. The molecule has 118 valence electrons. The second-order valence-corrected chi connectivity index (χ2v) is 4.88. The number of nitrogens with zero attached hydrogens (tertiary/aromatic N) is 3. The van der Waals surface area contributed by atoms with E-state index in [-0.39, 0.29) is 6.03 Å². The number of imidazole rings is 1. The fraction of sp³-hybridized carbons (Fsp3) is 0.400. The van der Waals surface area contributed by atoms with Crippen LogP contribution in [0.4, 0.5) is 4.79 Å². The summed E-state index contributed by atoms with van der Waals surface area (Å²) < 4.78 is 7.18. The number of urea groups is 1. The normalized spacial score (nSPS) is 10.3. The molecule has 0 aliphatic heterocycles. The molecule has 0 saturated carbocycles. The Morgan fingerprint density at radius 2 is 2.23 bits per heavy atom. The lowest BCUT2D eigenvalue weighted by Crippen LogP contribution is -2.36. The summed E-state index contributed by atoms with van der Waals surface area (Å²) in [4.78, 5) is 20.0. The van der Waals surface area contributed by atoms with Gasteiger partial charge in [-0.1, -0.05) is 6.07 Å². The minimum absolute atomic E-state index is 0.201. The molecule has 0 fully saturated rings. The zero-order chi connectivity index (χ0) is 15.8. The maximum absolute atomic E-state index is 11.7. The van der Waals surface area contributed by atoms with Crippen molar-refractivity contribution in [3.8, 4) is 5.88 Å². The van der Waals surface area contributed by atoms with Gasteiger partial charge in [0.15, 0.2) is 0 Å². The van der Waals surface area contributed by atoms with Crippen molar-refractivity contribution in [3.63, 3.8) is 0 Å². The fourth-order valence-corrected chi connectivity index (χ4v) is 1.99. The number of aryl methyl sites for hydroxylation is 2. The lowest BCUT2D eigenvalue weighted by molar-refractivity contribution is 0.240. The van der Waals surface area contributed by atoms with Gasteiger partial charge < -0.3 is 19.9 Å². The first-order chi connectivity index (χ1) is 10.7. The van der Waals surface area contributed by atoms with E-state index in [1.165, 1.54) is 0 Å². The van der Waals surface area contributed by atoms with Gasteiger partial charge >= 0.3 is 6.03 Å². The van der Waals surface area contributed by atoms with Gasteiger partial charge in [0.05, 0.1) is 13.4 Å². The molecule has 0 bridgehead atoms. The van der Waals surface area contributed by atoms with E-state index in [1.807, 2.05) is 29.8 Å². The average molecular weight is 303 g/mol. The highest BCUT2D eigenvalue weighted by molar-refractivity contribution is 5.73. The second-order valence-electron chi connectivity index (χ2n) is 4.88. The van der Waals surface area contributed by atoms with Crippen LogP contribution in [0, 0.1) is 6.92 Å². The molecule has 0 saturated heterocycles. The number of nitrogens with one attached hydrogen (secondary N) is 2. The largest absolute Gasteiger partial charge is 0.481 e. The van der Waals surface area contributed by atoms with E-state index in [4.69, 9.17) is 4.74 Å². The van der Waals surface area contributed by atoms with Crippen molar-refractivity contribution in [2.45, 2.75) is 26.4 Å². The Kier molecular flexibility index (Phi) is 5.76. The van der Waals surface area contributed by atoms with Gasteiger partial charge in [-0.3, -0.25) is 0 Å². The maximum Gasteiger partial charge on any atom is 0.315 e. The van der Waals surface area contributed by atoms with Crippen molar-refractivity contribution in [2.75, 3.05) is 13.7 Å². The van der Waals surface area contributed by atoms with Crippen LogP contribution in [-0.4, -0.2) is 34.2 Å². The van der Waals surface area contributed by atoms with Gasteiger partial charge in [0.25, 0.3) is 0 Å². The van der Waals surface area contributed by atoms with Gasteiger partial charge in [0.1, 0.15) is 0 Å². The van der Waals surface area contributed by atoms with E-state index in [0.29, 0.717) is 19.0 Å². The summed E-state index contributed by atoms with van der Waals surface area (Å²) in [6.45, 7) is 3.71. The molecule has 2 rings (SSSR count). The van der Waals surface area contributed by atoms with Crippen LogP contribution in [0.5, 0.6) is 5.88 Å². The van der Waals surface area contributed by atoms with Crippen molar-refractivity contribution >= 4 is 6.03 Å². The van der Waals surface area contributed by atoms with Gasteiger partial charge in [-0.05, 0) is 19.4 Å². The molecule has 0 atom stereocenters. The number of pyridine rings is 1. The molecular weight excluding hydrogens is 282 g/mol. The molecule has 0 aromatic carbocycles. The lowest BCUT2D eigenvalue weighted by atomic mass is 10.2. The Balaban J connectivity index is 1.69. The monoisotopic (exact) mass is 303 g/mol. The smallest absolute Gasteiger partial charge is 0.315 e.